The van der Waals surface area contributed by atoms with Crippen molar-refractivity contribution in [2.24, 2.45) is 0 Å². The van der Waals surface area contributed by atoms with E-state index < -0.39 is 0 Å². The molecule has 0 saturated carbocycles. The van der Waals surface area contributed by atoms with Crippen LogP contribution in [0.4, 0.5) is 5.13 Å². The number of aryl methyl sites for hydroxylation is 1. The molecule has 0 saturated heterocycles. The summed E-state index contributed by atoms with van der Waals surface area (Å²) in [6.07, 6.45) is 6.78. The molecule has 0 spiro atoms. The monoisotopic (exact) mass is 210 g/mol. The minimum atomic E-state index is 0.703. The predicted molar refractivity (Wildman–Crippen MR) is 60.1 cm³/mol. The number of hydrogen-bond donors (Lipinski definition) is 0. The minimum Gasteiger partial charge on any atom is -0.480 e. The van der Waals surface area contributed by atoms with Crippen molar-refractivity contribution in [3.63, 3.8) is 0 Å². The van der Waals surface area contributed by atoms with E-state index in [0.29, 0.717) is 5.88 Å². The van der Waals surface area contributed by atoms with Gasteiger partial charge in [-0.05, 0) is 6.42 Å². The van der Waals surface area contributed by atoms with Crippen molar-refractivity contribution in [1.29, 1.82) is 0 Å². The summed E-state index contributed by atoms with van der Waals surface area (Å²) in [5.74, 6) is 3.32. The molecule has 14 heavy (non-hydrogen) atoms. The van der Waals surface area contributed by atoms with E-state index >= 15 is 0 Å². The average molecular weight is 210 g/mol. The van der Waals surface area contributed by atoms with Crippen molar-refractivity contribution < 1.29 is 4.74 Å². The topological polar surface area (TPSA) is 25.4 Å². The Kier molecular flexibility index (Phi) is 3.78. The van der Waals surface area contributed by atoms with Gasteiger partial charge < -0.3 is 9.64 Å². The van der Waals surface area contributed by atoms with Gasteiger partial charge in [-0.15, -0.1) is 12.3 Å². The summed E-state index contributed by atoms with van der Waals surface area (Å²) in [4.78, 5) is 7.42. The van der Waals surface area contributed by atoms with Gasteiger partial charge in [-0.1, -0.05) is 11.3 Å². The first-order valence-electron chi connectivity index (χ1n) is 4.33. The Hall–Kier alpha value is -1.21. The second-order valence-electron chi connectivity index (χ2n) is 3.03. The first-order valence-corrected chi connectivity index (χ1v) is 5.15. The molecule has 4 heteroatoms. The molecule has 0 bridgehead atoms. The van der Waals surface area contributed by atoms with Crippen molar-refractivity contribution >= 4 is 16.5 Å². The molecule has 0 unspecified atom stereocenters. The molecule has 1 heterocycles. The van der Waals surface area contributed by atoms with Gasteiger partial charge in [0.05, 0.1) is 12.0 Å². The highest BCUT2D eigenvalue weighted by Gasteiger charge is 2.11. The van der Waals surface area contributed by atoms with Gasteiger partial charge in [-0.3, -0.25) is 0 Å². The standard InChI is InChI=1S/C10H14N2OS/c1-5-6-7-8-9(13-4)11-10(14-8)12(2)3/h1H,6-7H2,2-4H3. The van der Waals surface area contributed by atoms with Crippen LogP contribution in [-0.2, 0) is 6.42 Å². The number of terminal acetylenes is 1. The Labute approximate surface area is 88.7 Å². The minimum absolute atomic E-state index is 0.703. The Morgan fingerprint density at radius 3 is 2.79 bits per heavy atom. The van der Waals surface area contributed by atoms with E-state index in [1.165, 1.54) is 0 Å². The number of hydrogen-bond acceptors (Lipinski definition) is 4. The highest BCUT2D eigenvalue weighted by Crippen LogP contribution is 2.31. The van der Waals surface area contributed by atoms with E-state index in [9.17, 15) is 0 Å². The third-order valence-electron chi connectivity index (χ3n) is 1.72. The van der Waals surface area contributed by atoms with Crippen molar-refractivity contribution in [2.45, 2.75) is 12.8 Å². The molecule has 1 aromatic heterocycles. The maximum Gasteiger partial charge on any atom is 0.229 e. The lowest BCUT2D eigenvalue weighted by atomic mass is 10.3. The summed E-state index contributed by atoms with van der Waals surface area (Å²) in [6, 6.07) is 0. The highest BCUT2D eigenvalue weighted by molar-refractivity contribution is 7.15. The van der Waals surface area contributed by atoms with Crippen molar-refractivity contribution in [3.05, 3.63) is 4.88 Å². The van der Waals surface area contributed by atoms with Gasteiger partial charge in [-0.2, -0.15) is 4.98 Å². The smallest absolute Gasteiger partial charge is 0.229 e. The number of anilines is 1. The second kappa shape index (κ2) is 4.87. The van der Waals surface area contributed by atoms with Crippen LogP contribution in [0, 0.1) is 12.3 Å². The zero-order valence-corrected chi connectivity index (χ0v) is 9.52. The first kappa shape index (κ1) is 10.9. The summed E-state index contributed by atoms with van der Waals surface area (Å²) < 4.78 is 5.18. The third kappa shape index (κ3) is 2.39. The third-order valence-corrected chi connectivity index (χ3v) is 2.99. The average Bonchev–Trinajstić information content (AvgIpc) is 2.57. The number of thiazole rings is 1. The van der Waals surface area contributed by atoms with Crippen LogP contribution in [0.25, 0.3) is 0 Å². The van der Waals surface area contributed by atoms with Crippen LogP contribution in [0.1, 0.15) is 11.3 Å². The van der Waals surface area contributed by atoms with Gasteiger partial charge in [0, 0.05) is 20.5 Å². The molecule has 76 valence electrons. The molecule has 3 nitrogen and oxygen atoms in total. The normalized spacial score (nSPS) is 9.57. The number of aromatic nitrogens is 1. The fourth-order valence-electron chi connectivity index (χ4n) is 1.02. The molecule has 0 radical (unpaired) electrons. The lowest BCUT2D eigenvalue weighted by Gasteiger charge is -2.04. The van der Waals surface area contributed by atoms with Crippen LogP contribution >= 0.6 is 11.3 Å². The van der Waals surface area contributed by atoms with E-state index in [2.05, 4.69) is 10.9 Å². The molecule has 0 fully saturated rings. The highest BCUT2D eigenvalue weighted by atomic mass is 32.1. The Balaban J connectivity index is 2.86. The van der Waals surface area contributed by atoms with Crippen molar-refractivity contribution in [2.75, 3.05) is 26.1 Å². The summed E-state index contributed by atoms with van der Waals surface area (Å²) in [5, 5.41) is 0.953. The zero-order valence-electron chi connectivity index (χ0n) is 8.70. The molecular weight excluding hydrogens is 196 g/mol. The molecule has 0 aliphatic carbocycles. The first-order chi connectivity index (χ1) is 6.69. The molecule has 1 rings (SSSR count). The maximum absolute atomic E-state index is 5.22. The number of rotatable bonds is 4. The van der Waals surface area contributed by atoms with Crippen molar-refractivity contribution in [1.82, 2.24) is 4.98 Å². The largest absolute Gasteiger partial charge is 0.480 e. The van der Waals surface area contributed by atoms with Gasteiger partial charge in [0.2, 0.25) is 5.88 Å². The molecule has 0 aromatic carbocycles. The molecule has 0 atom stereocenters. The summed E-state index contributed by atoms with van der Waals surface area (Å²) in [7, 11) is 5.56. The fraction of sp³-hybridized carbons (Fsp3) is 0.500. The van der Waals surface area contributed by atoms with Gasteiger partial charge in [-0.25, -0.2) is 0 Å². The van der Waals surface area contributed by atoms with Crippen LogP contribution in [0.3, 0.4) is 0 Å². The lowest BCUT2D eigenvalue weighted by Crippen LogP contribution is -2.07. The molecular formula is C10H14N2OS. The van der Waals surface area contributed by atoms with Gasteiger partial charge in [0.25, 0.3) is 0 Å². The van der Waals surface area contributed by atoms with Crippen molar-refractivity contribution in [3.8, 4) is 18.2 Å². The molecule has 0 aliphatic heterocycles. The van der Waals surface area contributed by atoms with E-state index in [1.54, 1.807) is 18.4 Å². The van der Waals surface area contributed by atoms with Crippen LogP contribution in [0.15, 0.2) is 0 Å². The van der Waals surface area contributed by atoms with Crippen LogP contribution in [0.2, 0.25) is 0 Å². The zero-order chi connectivity index (χ0) is 10.6. The molecule has 0 aliphatic rings. The molecule has 0 amide bonds. The fourth-order valence-corrected chi connectivity index (χ4v) is 1.97. The molecule has 0 N–H and O–H groups in total. The lowest BCUT2D eigenvalue weighted by molar-refractivity contribution is 0.396. The summed E-state index contributed by atoms with van der Waals surface area (Å²) in [6.45, 7) is 0. The quantitative estimate of drug-likeness (QED) is 0.708. The molecule has 1 aromatic rings. The Morgan fingerprint density at radius 1 is 1.57 bits per heavy atom. The number of ether oxygens (including phenoxy) is 1. The second-order valence-corrected chi connectivity index (χ2v) is 4.09. The van der Waals surface area contributed by atoms with E-state index in [-0.39, 0.29) is 0 Å². The number of nitrogens with zero attached hydrogens (tertiary/aromatic N) is 2. The van der Waals surface area contributed by atoms with Gasteiger partial charge in [0.15, 0.2) is 5.13 Å². The Bertz CT molecular complexity index is 338. The van der Waals surface area contributed by atoms with Crippen LogP contribution in [0.5, 0.6) is 5.88 Å². The van der Waals surface area contributed by atoms with E-state index in [0.717, 1.165) is 22.9 Å². The maximum atomic E-state index is 5.22. The van der Waals surface area contributed by atoms with Gasteiger partial charge >= 0.3 is 0 Å². The van der Waals surface area contributed by atoms with E-state index in [4.69, 9.17) is 11.2 Å². The van der Waals surface area contributed by atoms with Crippen LogP contribution < -0.4 is 9.64 Å². The van der Waals surface area contributed by atoms with Crippen LogP contribution in [-0.4, -0.2) is 26.2 Å². The SMILES string of the molecule is C#CCCc1sc(N(C)C)nc1OC. The van der Waals surface area contributed by atoms with E-state index in [1.807, 2.05) is 19.0 Å². The number of methoxy groups -OCH3 is 1. The summed E-state index contributed by atoms with van der Waals surface area (Å²) in [5.41, 5.74) is 0. The Morgan fingerprint density at radius 2 is 2.29 bits per heavy atom. The van der Waals surface area contributed by atoms with Gasteiger partial charge in [0.1, 0.15) is 0 Å². The predicted octanol–water partition coefficient (Wildman–Crippen LogP) is 1.78. The summed E-state index contributed by atoms with van der Waals surface area (Å²) >= 11 is 1.63.